The van der Waals surface area contributed by atoms with Gasteiger partial charge in [0.2, 0.25) is 0 Å². The number of ether oxygens (including phenoxy) is 2. The Kier molecular flexibility index (Phi) is 3.62. The molecule has 0 aliphatic heterocycles. The van der Waals surface area contributed by atoms with Crippen molar-refractivity contribution in [3.05, 3.63) is 47.5 Å². The van der Waals surface area contributed by atoms with Crippen LogP contribution in [0.1, 0.15) is 38.8 Å². The molecule has 1 aliphatic rings. The second kappa shape index (κ2) is 5.44. The lowest BCUT2D eigenvalue weighted by molar-refractivity contribution is 0.242. The zero-order chi connectivity index (χ0) is 15.0. The number of hydrogen-bond acceptors (Lipinski definition) is 2. The van der Waals surface area contributed by atoms with Crippen LogP contribution < -0.4 is 9.47 Å². The lowest BCUT2D eigenvalue weighted by atomic mass is 10.1. The van der Waals surface area contributed by atoms with E-state index in [4.69, 9.17) is 9.47 Å². The SMILES string of the molecule is CC(C)Oc1ccc2c(c1)Cc1cc(OC(C)C)ccc1-2. The highest BCUT2D eigenvalue weighted by Crippen LogP contribution is 2.40. The van der Waals surface area contributed by atoms with E-state index in [1.807, 2.05) is 0 Å². The van der Waals surface area contributed by atoms with Gasteiger partial charge in [0.25, 0.3) is 0 Å². The van der Waals surface area contributed by atoms with Crippen molar-refractivity contribution in [3.8, 4) is 22.6 Å². The van der Waals surface area contributed by atoms with E-state index < -0.39 is 0 Å². The molecule has 0 fully saturated rings. The normalized spacial score (nSPS) is 12.5. The van der Waals surface area contributed by atoms with E-state index in [0.717, 1.165) is 17.9 Å². The highest BCUT2D eigenvalue weighted by molar-refractivity contribution is 5.78. The molecule has 2 aromatic carbocycles. The minimum absolute atomic E-state index is 0.206. The fraction of sp³-hybridized carbons (Fsp3) is 0.368. The predicted octanol–water partition coefficient (Wildman–Crippen LogP) is 4.83. The molecule has 2 nitrogen and oxygen atoms in total. The van der Waals surface area contributed by atoms with Gasteiger partial charge >= 0.3 is 0 Å². The zero-order valence-electron chi connectivity index (χ0n) is 13.1. The Hall–Kier alpha value is -1.96. The van der Waals surface area contributed by atoms with Crippen molar-refractivity contribution in [1.29, 1.82) is 0 Å². The molecule has 0 aromatic heterocycles. The van der Waals surface area contributed by atoms with Crippen LogP contribution in [0.3, 0.4) is 0 Å². The lowest BCUT2D eigenvalue weighted by Crippen LogP contribution is -2.05. The summed E-state index contributed by atoms with van der Waals surface area (Å²) < 4.78 is 11.6. The number of benzene rings is 2. The summed E-state index contributed by atoms with van der Waals surface area (Å²) in [4.78, 5) is 0. The minimum atomic E-state index is 0.206. The summed E-state index contributed by atoms with van der Waals surface area (Å²) in [5.74, 6) is 1.91. The van der Waals surface area contributed by atoms with Crippen molar-refractivity contribution in [3.63, 3.8) is 0 Å². The monoisotopic (exact) mass is 282 g/mol. The lowest BCUT2D eigenvalue weighted by Gasteiger charge is -2.11. The molecule has 0 saturated heterocycles. The van der Waals surface area contributed by atoms with E-state index >= 15 is 0 Å². The summed E-state index contributed by atoms with van der Waals surface area (Å²) in [6.07, 6.45) is 1.37. The minimum Gasteiger partial charge on any atom is -0.491 e. The van der Waals surface area contributed by atoms with Crippen LogP contribution in [0.5, 0.6) is 11.5 Å². The molecule has 0 unspecified atom stereocenters. The van der Waals surface area contributed by atoms with Gasteiger partial charge in [-0.1, -0.05) is 12.1 Å². The quantitative estimate of drug-likeness (QED) is 0.682. The summed E-state index contributed by atoms with van der Waals surface area (Å²) in [5, 5.41) is 0. The van der Waals surface area contributed by atoms with Gasteiger partial charge in [-0.25, -0.2) is 0 Å². The molecule has 0 atom stereocenters. The van der Waals surface area contributed by atoms with Crippen LogP contribution in [-0.4, -0.2) is 12.2 Å². The molecule has 2 heteroatoms. The van der Waals surface area contributed by atoms with Gasteiger partial charge in [0, 0.05) is 0 Å². The molecular formula is C19H22O2. The standard InChI is InChI=1S/C19H22O2/c1-12(2)20-16-5-7-18-14(10-16)9-15-11-17(21-13(3)4)6-8-19(15)18/h5-8,10-13H,9H2,1-4H3. The Balaban J connectivity index is 1.90. The van der Waals surface area contributed by atoms with E-state index in [9.17, 15) is 0 Å². The first-order chi connectivity index (χ1) is 10.0. The molecule has 0 spiro atoms. The third-order valence-corrected chi connectivity index (χ3v) is 3.57. The molecule has 0 N–H and O–H groups in total. The molecule has 0 bridgehead atoms. The van der Waals surface area contributed by atoms with Crippen molar-refractivity contribution in [2.45, 2.75) is 46.3 Å². The Morgan fingerprint density at radius 2 is 1.14 bits per heavy atom. The Bertz CT molecular complexity index is 599. The van der Waals surface area contributed by atoms with Gasteiger partial charge in [-0.05, 0) is 80.6 Å². The van der Waals surface area contributed by atoms with E-state index in [0.29, 0.717) is 0 Å². The van der Waals surface area contributed by atoms with Crippen molar-refractivity contribution >= 4 is 0 Å². The van der Waals surface area contributed by atoms with E-state index in [1.165, 1.54) is 22.3 Å². The highest BCUT2D eigenvalue weighted by Gasteiger charge is 2.19. The van der Waals surface area contributed by atoms with Gasteiger partial charge in [0.05, 0.1) is 12.2 Å². The number of fused-ring (bicyclic) bond motifs is 3. The Morgan fingerprint density at radius 3 is 1.52 bits per heavy atom. The van der Waals surface area contributed by atoms with E-state index in [-0.39, 0.29) is 12.2 Å². The van der Waals surface area contributed by atoms with Crippen LogP contribution in [0.2, 0.25) is 0 Å². The molecule has 21 heavy (non-hydrogen) atoms. The fourth-order valence-corrected chi connectivity index (χ4v) is 2.85. The summed E-state index contributed by atoms with van der Waals surface area (Å²) >= 11 is 0. The molecule has 2 aromatic rings. The third kappa shape index (κ3) is 2.90. The predicted molar refractivity (Wildman–Crippen MR) is 86.2 cm³/mol. The Labute approximate surface area is 126 Å². The highest BCUT2D eigenvalue weighted by atomic mass is 16.5. The van der Waals surface area contributed by atoms with Crippen molar-refractivity contribution in [1.82, 2.24) is 0 Å². The summed E-state index contributed by atoms with van der Waals surface area (Å²) in [6, 6.07) is 12.8. The molecule has 0 saturated carbocycles. The van der Waals surface area contributed by atoms with Gasteiger partial charge < -0.3 is 9.47 Å². The molecule has 110 valence electrons. The largest absolute Gasteiger partial charge is 0.491 e. The van der Waals surface area contributed by atoms with Crippen molar-refractivity contribution in [2.75, 3.05) is 0 Å². The van der Waals surface area contributed by atoms with Crippen LogP contribution in [0, 0.1) is 0 Å². The van der Waals surface area contributed by atoms with Gasteiger partial charge in [0.1, 0.15) is 11.5 Å². The first kappa shape index (κ1) is 14.0. The topological polar surface area (TPSA) is 18.5 Å². The molecule has 0 heterocycles. The summed E-state index contributed by atoms with van der Waals surface area (Å²) in [7, 11) is 0. The first-order valence-corrected chi connectivity index (χ1v) is 7.62. The third-order valence-electron chi connectivity index (χ3n) is 3.57. The first-order valence-electron chi connectivity index (χ1n) is 7.62. The maximum atomic E-state index is 5.79. The Morgan fingerprint density at radius 1 is 0.714 bits per heavy atom. The van der Waals surface area contributed by atoms with Crippen LogP contribution in [0.4, 0.5) is 0 Å². The van der Waals surface area contributed by atoms with E-state index in [2.05, 4.69) is 64.1 Å². The van der Waals surface area contributed by atoms with Gasteiger partial charge in [0.15, 0.2) is 0 Å². The molecule has 0 radical (unpaired) electrons. The smallest absolute Gasteiger partial charge is 0.120 e. The van der Waals surface area contributed by atoms with Crippen LogP contribution in [0.25, 0.3) is 11.1 Å². The summed E-state index contributed by atoms with van der Waals surface area (Å²) in [6.45, 7) is 8.21. The summed E-state index contributed by atoms with van der Waals surface area (Å²) in [5.41, 5.74) is 5.31. The maximum absolute atomic E-state index is 5.79. The van der Waals surface area contributed by atoms with Gasteiger partial charge in [-0.3, -0.25) is 0 Å². The maximum Gasteiger partial charge on any atom is 0.120 e. The molecule has 3 rings (SSSR count). The number of rotatable bonds is 4. The second-order valence-corrected chi connectivity index (χ2v) is 6.15. The molecule has 1 aliphatic carbocycles. The number of hydrogen-bond donors (Lipinski definition) is 0. The van der Waals surface area contributed by atoms with Crippen LogP contribution in [0.15, 0.2) is 36.4 Å². The van der Waals surface area contributed by atoms with Crippen LogP contribution in [-0.2, 0) is 6.42 Å². The average molecular weight is 282 g/mol. The van der Waals surface area contributed by atoms with Crippen molar-refractivity contribution < 1.29 is 9.47 Å². The fourth-order valence-electron chi connectivity index (χ4n) is 2.85. The van der Waals surface area contributed by atoms with E-state index in [1.54, 1.807) is 0 Å². The van der Waals surface area contributed by atoms with Crippen molar-refractivity contribution in [2.24, 2.45) is 0 Å². The molecular weight excluding hydrogens is 260 g/mol. The second-order valence-electron chi connectivity index (χ2n) is 6.15. The zero-order valence-corrected chi connectivity index (χ0v) is 13.1. The average Bonchev–Trinajstić information content (AvgIpc) is 2.73. The molecule has 0 amide bonds. The van der Waals surface area contributed by atoms with Crippen LogP contribution >= 0.6 is 0 Å². The van der Waals surface area contributed by atoms with Gasteiger partial charge in [-0.2, -0.15) is 0 Å². The van der Waals surface area contributed by atoms with Gasteiger partial charge in [-0.15, -0.1) is 0 Å².